The summed E-state index contributed by atoms with van der Waals surface area (Å²) in [5, 5.41) is 9.15. The summed E-state index contributed by atoms with van der Waals surface area (Å²) in [4.78, 5) is 11.1. The van der Waals surface area contributed by atoms with Crippen LogP contribution in [0.2, 0.25) is 0 Å². The molecular weight excluding hydrogens is 240 g/mol. The van der Waals surface area contributed by atoms with E-state index in [4.69, 9.17) is 9.84 Å². The van der Waals surface area contributed by atoms with E-state index >= 15 is 0 Å². The van der Waals surface area contributed by atoms with Gasteiger partial charge in [-0.1, -0.05) is 37.6 Å². The van der Waals surface area contributed by atoms with Gasteiger partial charge in [0.15, 0.2) is 0 Å². The molecule has 1 N–H and O–H groups in total. The molecule has 19 heavy (non-hydrogen) atoms. The van der Waals surface area contributed by atoms with Gasteiger partial charge in [0, 0.05) is 5.41 Å². The minimum atomic E-state index is -0.749. The summed E-state index contributed by atoms with van der Waals surface area (Å²) in [6.45, 7) is 9.45. The van der Waals surface area contributed by atoms with Crippen molar-refractivity contribution in [1.29, 1.82) is 0 Å². The van der Waals surface area contributed by atoms with E-state index in [1.54, 1.807) is 0 Å². The van der Waals surface area contributed by atoms with Gasteiger partial charge in [0.25, 0.3) is 0 Å². The number of rotatable bonds is 4. The van der Waals surface area contributed by atoms with Gasteiger partial charge in [0.1, 0.15) is 0 Å². The zero-order valence-corrected chi connectivity index (χ0v) is 12.1. The Hall–Kier alpha value is -1.35. The van der Waals surface area contributed by atoms with E-state index in [-0.39, 0.29) is 17.3 Å². The smallest absolute Gasteiger partial charge is 0.303 e. The highest BCUT2D eigenvalue weighted by Gasteiger charge is 2.53. The second-order valence-electron chi connectivity index (χ2n) is 6.35. The number of aryl methyl sites for hydroxylation is 2. The summed E-state index contributed by atoms with van der Waals surface area (Å²) in [7, 11) is 0. The third kappa shape index (κ3) is 2.27. The SMILES string of the molecule is Cc1ccc(C2(C(C)(C)CC(=O)O)COC2)c(C)c1. The van der Waals surface area contributed by atoms with Gasteiger partial charge in [0.2, 0.25) is 0 Å². The molecule has 104 valence electrons. The number of benzene rings is 1. The molecule has 1 saturated heterocycles. The van der Waals surface area contributed by atoms with E-state index < -0.39 is 5.97 Å². The molecule has 0 aromatic heterocycles. The monoisotopic (exact) mass is 262 g/mol. The highest BCUT2D eigenvalue weighted by atomic mass is 16.5. The molecule has 0 unspecified atom stereocenters. The quantitative estimate of drug-likeness (QED) is 0.907. The number of ether oxygens (including phenoxy) is 1. The first-order chi connectivity index (χ1) is 8.78. The highest BCUT2D eigenvalue weighted by Crippen LogP contribution is 2.50. The summed E-state index contributed by atoms with van der Waals surface area (Å²) in [5.74, 6) is -0.749. The van der Waals surface area contributed by atoms with E-state index in [0.29, 0.717) is 13.2 Å². The van der Waals surface area contributed by atoms with Crippen molar-refractivity contribution in [2.45, 2.75) is 39.5 Å². The lowest BCUT2D eigenvalue weighted by Gasteiger charge is -2.53. The number of carboxylic acid groups (broad SMARTS) is 1. The van der Waals surface area contributed by atoms with Crippen LogP contribution < -0.4 is 0 Å². The number of hydrogen-bond acceptors (Lipinski definition) is 2. The Morgan fingerprint density at radius 1 is 1.37 bits per heavy atom. The molecule has 0 saturated carbocycles. The van der Waals surface area contributed by atoms with Gasteiger partial charge in [-0.25, -0.2) is 0 Å². The molecule has 3 nitrogen and oxygen atoms in total. The fraction of sp³-hybridized carbons (Fsp3) is 0.562. The molecule has 0 amide bonds. The van der Waals surface area contributed by atoms with E-state index in [0.717, 1.165) is 0 Å². The minimum absolute atomic E-state index is 0.156. The second kappa shape index (κ2) is 4.64. The lowest BCUT2D eigenvalue weighted by atomic mass is 9.58. The average molecular weight is 262 g/mol. The third-order valence-corrected chi connectivity index (χ3v) is 4.48. The summed E-state index contributed by atoms with van der Waals surface area (Å²) < 4.78 is 5.45. The highest BCUT2D eigenvalue weighted by molar-refractivity contribution is 5.68. The average Bonchev–Trinajstić information content (AvgIpc) is 2.16. The Balaban J connectivity index is 2.45. The summed E-state index contributed by atoms with van der Waals surface area (Å²) in [6.07, 6.45) is 0.156. The van der Waals surface area contributed by atoms with Crippen LogP contribution in [-0.2, 0) is 14.9 Å². The van der Waals surface area contributed by atoms with Gasteiger partial charge in [-0.05, 0) is 30.4 Å². The van der Waals surface area contributed by atoms with Crippen molar-refractivity contribution < 1.29 is 14.6 Å². The summed E-state index contributed by atoms with van der Waals surface area (Å²) in [5.41, 5.74) is 3.19. The maximum Gasteiger partial charge on any atom is 0.303 e. The van der Waals surface area contributed by atoms with Gasteiger partial charge >= 0.3 is 5.97 Å². The molecule has 1 fully saturated rings. The first kappa shape index (κ1) is 14.1. The van der Waals surface area contributed by atoms with Crippen molar-refractivity contribution in [3.05, 3.63) is 34.9 Å². The predicted octanol–water partition coefficient (Wildman–Crippen LogP) is 3.07. The van der Waals surface area contributed by atoms with Crippen LogP contribution in [-0.4, -0.2) is 24.3 Å². The zero-order valence-electron chi connectivity index (χ0n) is 12.1. The van der Waals surface area contributed by atoms with Crippen LogP contribution in [0.4, 0.5) is 0 Å². The fourth-order valence-electron chi connectivity index (χ4n) is 3.11. The van der Waals surface area contributed by atoms with Crippen LogP contribution in [0.15, 0.2) is 18.2 Å². The molecule has 1 heterocycles. The van der Waals surface area contributed by atoms with Crippen LogP contribution in [0.25, 0.3) is 0 Å². The number of aliphatic carboxylic acids is 1. The van der Waals surface area contributed by atoms with Crippen LogP contribution in [0.5, 0.6) is 0 Å². The number of carboxylic acids is 1. The van der Waals surface area contributed by atoms with Gasteiger partial charge in [-0.15, -0.1) is 0 Å². The van der Waals surface area contributed by atoms with Crippen molar-refractivity contribution in [2.24, 2.45) is 5.41 Å². The molecule has 0 bridgehead atoms. The topological polar surface area (TPSA) is 46.5 Å². The number of hydrogen-bond donors (Lipinski definition) is 1. The lowest BCUT2D eigenvalue weighted by molar-refractivity contribution is -0.151. The molecule has 0 radical (unpaired) electrons. The van der Waals surface area contributed by atoms with Crippen LogP contribution in [0, 0.1) is 19.3 Å². The molecule has 3 heteroatoms. The lowest BCUT2D eigenvalue weighted by Crippen LogP contribution is -2.57. The first-order valence-corrected chi connectivity index (χ1v) is 6.66. The normalized spacial score (nSPS) is 17.9. The molecule has 1 aromatic rings. The molecule has 0 aliphatic carbocycles. The minimum Gasteiger partial charge on any atom is -0.481 e. The van der Waals surface area contributed by atoms with Crippen molar-refractivity contribution in [1.82, 2.24) is 0 Å². The van der Waals surface area contributed by atoms with Crippen LogP contribution in [0.3, 0.4) is 0 Å². The molecule has 1 aromatic carbocycles. The molecule has 2 rings (SSSR count). The van der Waals surface area contributed by atoms with Crippen LogP contribution in [0.1, 0.15) is 37.0 Å². The third-order valence-electron chi connectivity index (χ3n) is 4.48. The zero-order chi connectivity index (χ0) is 14.3. The fourth-order valence-corrected chi connectivity index (χ4v) is 3.11. The second-order valence-corrected chi connectivity index (χ2v) is 6.35. The molecule has 0 atom stereocenters. The van der Waals surface area contributed by atoms with Crippen molar-refractivity contribution in [3.63, 3.8) is 0 Å². The Kier molecular flexibility index (Phi) is 3.43. The molecule has 1 aliphatic rings. The number of carbonyl (C=O) groups is 1. The Bertz CT molecular complexity index is 499. The van der Waals surface area contributed by atoms with E-state index in [1.165, 1.54) is 16.7 Å². The Morgan fingerprint density at radius 3 is 2.42 bits per heavy atom. The Labute approximate surface area is 114 Å². The Morgan fingerprint density at radius 2 is 2.00 bits per heavy atom. The first-order valence-electron chi connectivity index (χ1n) is 6.66. The largest absolute Gasteiger partial charge is 0.481 e. The summed E-state index contributed by atoms with van der Waals surface area (Å²) in [6, 6.07) is 6.39. The molecule has 1 aliphatic heterocycles. The van der Waals surface area contributed by atoms with Crippen LogP contribution >= 0.6 is 0 Å². The van der Waals surface area contributed by atoms with Crippen molar-refractivity contribution >= 4 is 5.97 Å². The van der Waals surface area contributed by atoms with Gasteiger partial charge in [-0.2, -0.15) is 0 Å². The summed E-state index contributed by atoms with van der Waals surface area (Å²) >= 11 is 0. The standard InChI is InChI=1S/C16H22O3/c1-11-5-6-13(12(2)7-11)16(9-19-10-16)15(3,4)8-14(17)18/h5-7H,8-10H2,1-4H3,(H,17,18). The maximum absolute atomic E-state index is 11.1. The molecular formula is C16H22O3. The van der Waals surface area contributed by atoms with Crippen molar-refractivity contribution in [3.8, 4) is 0 Å². The van der Waals surface area contributed by atoms with Gasteiger partial charge in [0.05, 0.1) is 19.6 Å². The predicted molar refractivity (Wildman–Crippen MR) is 74.4 cm³/mol. The van der Waals surface area contributed by atoms with E-state index in [2.05, 4.69) is 32.0 Å². The van der Waals surface area contributed by atoms with E-state index in [1.807, 2.05) is 13.8 Å². The van der Waals surface area contributed by atoms with Crippen molar-refractivity contribution in [2.75, 3.05) is 13.2 Å². The van der Waals surface area contributed by atoms with Gasteiger partial charge in [-0.3, -0.25) is 4.79 Å². The maximum atomic E-state index is 11.1. The van der Waals surface area contributed by atoms with E-state index in [9.17, 15) is 4.79 Å². The molecule has 0 spiro atoms. The van der Waals surface area contributed by atoms with Gasteiger partial charge < -0.3 is 9.84 Å².